The van der Waals surface area contributed by atoms with Gasteiger partial charge in [-0.05, 0) is 23.6 Å². The zero-order valence-electron chi connectivity index (χ0n) is 13.6. The Morgan fingerprint density at radius 2 is 1.88 bits per heavy atom. The van der Waals surface area contributed by atoms with Crippen molar-refractivity contribution in [3.05, 3.63) is 56.3 Å². The quantitative estimate of drug-likeness (QED) is 0.618. The van der Waals surface area contributed by atoms with Gasteiger partial charge in [-0.3, -0.25) is 30.6 Å². The average molecular weight is 376 g/mol. The van der Waals surface area contributed by atoms with E-state index < -0.39 is 16.7 Å². The molecule has 2 aromatic rings. The number of thiophene rings is 1. The number of ether oxygens (including phenoxy) is 1. The number of carbonyl (C=O) groups is 2. The van der Waals surface area contributed by atoms with E-state index in [-0.39, 0.29) is 11.3 Å². The first-order chi connectivity index (χ1) is 12.6. The number of hydrazine groups is 1. The summed E-state index contributed by atoms with van der Waals surface area (Å²) in [5, 5.41) is 13.1. The van der Waals surface area contributed by atoms with Crippen molar-refractivity contribution in [3.63, 3.8) is 0 Å². The Morgan fingerprint density at radius 3 is 2.54 bits per heavy atom. The lowest BCUT2D eigenvalue weighted by Crippen LogP contribution is -2.41. The number of hydrogen-bond acceptors (Lipinski definition) is 7. The molecular weight excluding hydrogens is 360 g/mol. The second kappa shape index (κ2) is 7.93. The Bertz CT molecular complexity index is 818. The number of hydrogen-bond donors (Lipinski definition) is 2. The summed E-state index contributed by atoms with van der Waals surface area (Å²) in [4.78, 5) is 37.2. The molecule has 0 aliphatic carbocycles. The van der Waals surface area contributed by atoms with Crippen LogP contribution >= 0.6 is 11.3 Å². The van der Waals surface area contributed by atoms with Gasteiger partial charge in [-0.15, -0.1) is 11.3 Å². The number of carbonyl (C=O) groups excluding carboxylic acids is 2. The van der Waals surface area contributed by atoms with Gasteiger partial charge in [0.1, 0.15) is 5.69 Å². The molecule has 2 heterocycles. The van der Waals surface area contributed by atoms with Crippen LogP contribution in [0.1, 0.15) is 20.0 Å². The maximum atomic E-state index is 12.2. The Balaban J connectivity index is 1.73. The van der Waals surface area contributed by atoms with Crippen molar-refractivity contribution in [2.75, 3.05) is 31.2 Å². The highest BCUT2D eigenvalue weighted by atomic mass is 32.1. The monoisotopic (exact) mass is 376 g/mol. The molecule has 1 saturated heterocycles. The van der Waals surface area contributed by atoms with Crippen LogP contribution in [-0.4, -0.2) is 43.0 Å². The van der Waals surface area contributed by atoms with E-state index in [1.165, 1.54) is 23.5 Å². The summed E-state index contributed by atoms with van der Waals surface area (Å²) in [5.41, 5.74) is 4.91. The molecule has 1 aliphatic rings. The van der Waals surface area contributed by atoms with Gasteiger partial charge in [0.05, 0.1) is 23.0 Å². The molecule has 0 saturated carbocycles. The first kappa shape index (κ1) is 17.8. The van der Waals surface area contributed by atoms with Crippen molar-refractivity contribution < 1.29 is 19.2 Å². The second-order valence-electron chi connectivity index (χ2n) is 5.45. The molecule has 136 valence electrons. The number of anilines is 1. The third-order valence-electron chi connectivity index (χ3n) is 3.82. The second-order valence-corrected chi connectivity index (χ2v) is 6.39. The summed E-state index contributed by atoms with van der Waals surface area (Å²) in [6, 6.07) is 7.57. The van der Waals surface area contributed by atoms with Crippen LogP contribution < -0.4 is 15.8 Å². The molecule has 0 atom stereocenters. The van der Waals surface area contributed by atoms with Crippen molar-refractivity contribution >= 4 is 34.5 Å². The Labute approximate surface area is 152 Å². The smallest absolute Gasteiger partial charge is 0.293 e. The van der Waals surface area contributed by atoms with Crippen molar-refractivity contribution in [1.29, 1.82) is 0 Å². The van der Waals surface area contributed by atoms with Gasteiger partial charge in [-0.1, -0.05) is 6.07 Å². The number of nitrogens with one attached hydrogen (secondary N) is 2. The van der Waals surface area contributed by atoms with Crippen molar-refractivity contribution in [1.82, 2.24) is 10.9 Å². The lowest BCUT2D eigenvalue weighted by Gasteiger charge is -2.28. The normalized spacial score (nSPS) is 13.9. The zero-order chi connectivity index (χ0) is 18.5. The molecule has 1 aromatic carbocycles. The lowest BCUT2D eigenvalue weighted by atomic mass is 10.1. The zero-order valence-corrected chi connectivity index (χ0v) is 14.5. The average Bonchev–Trinajstić information content (AvgIpc) is 3.21. The molecule has 2 amide bonds. The van der Waals surface area contributed by atoms with E-state index >= 15 is 0 Å². The lowest BCUT2D eigenvalue weighted by molar-refractivity contribution is -0.384. The highest BCUT2D eigenvalue weighted by molar-refractivity contribution is 7.12. The third kappa shape index (κ3) is 3.98. The van der Waals surface area contributed by atoms with Crippen molar-refractivity contribution in [2.45, 2.75) is 0 Å². The highest BCUT2D eigenvalue weighted by Crippen LogP contribution is 2.29. The number of rotatable bonds is 4. The predicted molar refractivity (Wildman–Crippen MR) is 95.4 cm³/mol. The Kier molecular flexibility index (Phi) is 5.44. The van der Waals surface area contributed by atoms with Crippen LogP contribution in [0, 0.1) is 10.1 Å². The third-order valence-corrected chi connectivity index (χ3v) is 4.69. The number of nitrogens with zero attached hydrogens (tertiary/aromatic N) is 2. The molecule has 2 N–H and O–H groups in total. The molecule has 10 heteroatoms. The van der Waals surface area contributed by atoms with Gasteiger partial charge in [0.2, 0.25) is 0 Å². The topological polar surface area (TPSA) is 114 Å². The van der Waals surface area contributed by atoms with Gasteiger partial charge in [0.25, 0.3) is 17.5 Å². The van der Waals surface area contributed by atoms with E-state index in [4.69, 9.17) is 4.74 Å². The van der Waals surface area contributed by atoms with Crippen LogP contribution in [0.4, 0.5) is 11.4 Å². The highest BCUT2D eigenvalue weighted by Gasteiger charge is 2.23. The maximum Gasteiger partial charge on any atom is 0.293 e. The fourth-order valence-corrected chi connectivity index (χ4v) is 3.16. The first-order valence-electron chi connectivity index (χ1n) is 7.81. The van der Waals surface area contributed by atoms with Gasteiger partial charge in [0, 0.05) is 24.7 Å². The minimum atomic E-state index is -0.633. The summed E-state index contributed by atoms with van der Waals surface area (Å²) in [6.45, 7) is 2.08. The van der Waals surface area contributed by atoms with Crippen molar-refractivity contribution in [3.8, 4) is 0 Å². The number of nitro groups is 1. The summed E-state index contributed by atoms with van der Waals surface area (Å²) < 4.78 is 5.25. The van der Waals surface area contributed by atoms with Crippen LogP contribution in [0.3, 0.4) is 0 Å². The van der Waals surface area contributed by atoms with Gasteiger partial charge in [-0.2, -0.15) is 0 Å². The Hall–Kier alpha value is -2.98. The fraction of sp³-hybridized carbons (Fsp3) is 0.250. The summed E-state index contributed by atoms with van der Waals surface area (Å²) in [5.74, 6) is -1.08. The number of amides is 2. The number of benzene rings is 1. The number of nitro benzene ring substituents is 1. The van der Waals surface area contributed by atoms with Gasteiger partial charge < -0.3 is 9.64 Å². The van der Waals surface area contributed by atoms with Crippen LogP contribution in [0.2, 0.25) is 0 Å². The maximum absolute atomic E-state index is 12.2. The first-order valence-corrected chi connectivity index (χ1v) is 8.69. The van der Waals surface area contributed by atoms with Crippen LogP contribution in [0.25, 0.3) is 0 Å². The predicted octanol–water partition coefficient (Wildman–Crippen LogP) is 1.57. The standard InChI is InChI=1S/C16H16N4O5S/c21-15(17-18-16(22)14-2-1-9-26-14)11-3-4-12(13(10-11)20(23)24)19-5-7-25-8-6-19/h1-4,9-10H,5-8H2,(H,17,21)(H,18,22). The van der Waals surface area contributed by atoms with Crippen LogP contribution in [0.15, 0.2) is 35.7 Å². The summed E-state index contributed by atoms with van der Waals surface area (Å²) >= 11 is 1.23. The molecule has 1 fully saturated rings. The molecule has 0 radical (unpaired) electrons. The molecule has 0 spiro atoms. The van der Waals surface area contributed by atoms with E-state index in [0.717, 1.165) is 0 Å². The van der Waals surface area contributed by atoms with Gasteiger partial charge >= 0.3 is 0 Å². The molecular formula is C16H16N4O5S. The minimum absolute atomic E-state index is 0.0835. The van der Waals surface area contributed by atoms with Crippen molar-refractivity contribution in [2.24, 2.45) is 0 Å². The molecule has 3 rings (SSSR count). The molecule has 0 bridgehead atoms. The molecule has 0 unspecified atom stereocenters. The van der Waals surface area contributed by atoms with E-state index in [1.807, 2.05) is 4.90 Å². The molecule has 1 aromatic heterocycles. The van der Waals surface area contributed by atoms with E-state index in [0.29, 0.717) is 36.9 Å². The summed E-state index contributed by atoms with van der Waals surface area (Å²) in [7, 11) is 0. The van der Waals surface area contributed by atoms with Gasteiger partial charge in [-0.25, -0.2) is 0 Å². The number of morpholine rings is 1. The van der Waals surface area contributed by atoms with E-state index in [2.05, 4.69) is 10.9 Å². The molecule has 26 heavy (non-hydrogen) atoms. The molecule has 9 nitrogen and oxygen atoms in total. The SMILES string of the molecule is O=C(NNC(=O)c1cccs1)c1ccc(N2CCOCC2)c([N+](=O)[O-])c1. The largest absolute Gasteiger partial charge is 0.378 e. The van der Waals surface area contributed by atoms with Crippen LogP contribution in [0.5, 0.6) is 0 Å². The van der Waals surface area contributed by atoms with E-state index in [1.54, 1.807) is 23.6 Å². The Morgan fingerprint density at radius 1 is 1.15 bits per heavy atom. The van der Waals surface area contributed by atoms with Gasteiger partial charge in [0.15, 0.2) is 0 Å². The molecule has 1 aliphatic heterocycles. The minimum Gasteiger partial charge on any atom is -0.378 e. The van der Waals surface area contributed by atoms with Crippen LogP contribution in [-0.2, 0) is 4.74 Å². The summed E-state index contributed by atoms with van der Waals surface area (Å²) in [6.07, 6.45) is 0. The fourth-order valence-electron chi connectivity index (χ4n) is 2.54. The van der Waals surface area contributed by atoms with E-state index in [9.17, 15) is 19.7 Å².